The van der Waals surface area contributed by atoms with E-state index in [1.54, 1.807) is 13.0 Å². The van der Waals surface area contributed by atoms with Crippen LogP contribution in [0, 0.1) is 5.21 Å². The minimum absolute atomic E-state index is 0.0641. The van der Waals surface area contributed by atoms with Crippen LogP contribution in [-0.4, -0.2) is 23.6 Å². The molecule has 1 rings (SSSR count). The Hall–Kier alpha value is -1.76. The van der Waals surface area contributed by atoms with Gasteiger partial charge in [-0.3, -0.25) is 9.59 Å². The molecule has 0 aromatic heterocycles. The molecule has 1 aromatic carbocycles. The molecule has 18 heavy (non-hydrogen) atoms. The zero-order valence-electron chi connectivity index (χ0n) is 10.2. The molecule has 0 radical (unpaired) electrons. The first-order chi connectivity index (χ1) is 8.49. The number of carbonyl (C=O) groups excluding carboxylic acids is 2. The van der Waals surface area contributed by atoms with Crippen LogP contribution in [0.1, 0.15) is 25.3 Å². The van der Waals surface area contributed by atoms with Crippen molar-refractivity contribution in [3.63, 3.8) is 0 Å². The lowest BCUT2D eigenvalue weighted by Crippen LogP contribution is -2.99. The molecule has 0 spiro atoms. The van der Waals surface area contributed by atoms with Crippen LogP contribution in [0.15, 0.2) is 24.3 Å². The van der Waals surface area contributed by atoms with Crippen LogP contribution >= 0.6 is 0 Å². The van der Waals surface area contributed by atoms with Gasteiger partial charge in [-0.1, -0.05) is 18.2 Å². The van der Waals surface area contributed by atoms with Gasteiger partial charge in [0.25, 0.3) is 0 Å². The molecule has 0 saturated heterocycles. The largest absolute Gasteiger partial charge is 0.595 e. The molecular formula is C12H15NO5. The van der Waals surface area contributed by atoms with E-state index in [2.05, 4.69) is 0 Å². The molecule has 2 unspecified atom stereocenters. The summed E-state index contributed by atoms with van der Waals surface area (Å²) >= 11 is 0. The molecule has 0 fully saturated rings. The quantitative estimate of drug-likeness (QED) is 0.448. The topological polar surface area (TPSA) is 91.1 Å². The lowest BCUT2D eigenvalue weighted by atomic mass is 9.94. The van der Waals surface area contributed by atoms with Crippen LogP contribution in [0.4, 0.5) is 5.69 Å². The van der Waals surface area contributed by atoms with Gasteiger partial charge in [0.15, 0.2) is 5.69 Å². The van der Waals surface area contributed by atoms with Crippen molar-refractivity contribution < 1.29 is 24.8 Å². The molecular weight excluding hydrogens is 238 g/mol. The third-order valence-corrected chi connectivity index (χ3v) is 2.43. The van der Waals surface area contributed by atoms with Gasteiger partial charge in [0.2, 0.25) is 0 Å². The summed E-state index contributed by atoms with van der Waals surface area (Å²) in [6.07, 6.45) is 0. The van der Waals surface area contributed by atoms with Gasteiger partial charge in [-0.15, -0.1) is 0 Å². The fraction of sp³-hybridized carbons (Fsp3) is 0.333. The summed E-state index contributed by atoms with van der Waals surface area (Å²) in [5.41, 5.74) is 0.0988. The Kier molecular flexibility index (Phi) is 4.96. The maximum atomic E-state index is 11.7. The number of hydrogen-bond acceptors (Lipinski definition) is 5. The summed E-state index contributed by atoms with van der Waals surface area (Å²) in [6.45, 7) is 3.00. The molecule has 0 bridgehead atoms. The second kappa shape index (κ2) is 6.25. The van der Waals surface area contributed by atoms with Crippen molar-refractivity contribution in [2.24, 2.45) is 0 Å². The van der Waals surface area contributed by atoms with E-state index >= 15 is 0 Å². The molecule has 6 heteroatoms. The summed E-state index contributed by atoms with van der Waals surface area (Å²) in [5.74, 6) is -2.35. The van der Waals surface area contributed by atoms with Gasteiger partial charge < -0.3 is 9.94 Å². The lowest BCUT2D eigenvalue weighted by molar-refractivity contribution is -0.991. The number of nitrogens with one attached hydrogen (secondary N) is 1. The van der Waals surface area contributed by atoms with Crippen LogP contribution in [0.25, 0.3) is 0 Å². The molecule has 0 heterocycles. The lowest BCUT2D eigenvalue weighted by Gasteiger charge is -2.19. The monoisotopic (exact) mass is 253 g/mol. The number of quaternary nitrogens is 1. The van der Waals surface area contributed by atoms with Crippen LogP contribution in [0.5, 0.6) is 0 Å². The summed E-state index contributed by atoms with van der Waals surface area (Å²) < 4.78 is 4.80. The highest BCUT2D eigenvalue weighted by Crippen LogP contribution is 2.24. The third-order valence-electron chi connectivity index (χ3n) is 2.43. The number of benzene rings is 1. The Labute approximate surface area is 104 Å². The SMILES string of the molecule is CCOC(=O)C(C(C)=O)c1ccccc1[NH+]([O-])O. The van der Waals surface area contributed by atoms with Gasteiger partial charge in [0, 0.05) is 11.6 Å². The molecule has 0 amide bonds. The van der Waals surface area contributed by atoms with Gasteiger partial charge in [-0.25, -0.2) is 5.21 Å². The van der Waals surface area contributed by atoms with Crippen LogP contribution < -0.4 is 5.23 Å². The standard InChI is InChI=1S/C12H15NO5/c1-3-18-12(15)11(8(2)14)9-6-4-5-7-10(9)13(16)17/h4-7,11,13,16H,3H2,1-2H3. The third kappa shape index (κ3) is 3.13. The predicted octanol–water partition coefficient (Wildman–Crippen LogP) is 0.326. The van der Waals surface area contributed by atoms with Crippen molar-refractivity contribution in [3.05, 3.63) is 35.0 Å². The molecule has 98 valence electrons. The van der Waals surface area contributed by atoms with E-state index in [0.29, 0.717) is 0 Å². The normalized spacial score (nSPS) is 13.8. The number of hydrogen-bond donors (Lipinski definition) is 2. The zero-order valence-corrected chi connectivity index (χ0v) is 10.2. The molecule has 0 aliphatic rings. The van der Waals surface area contributed by atoms with Crippen LogP contribution in [-0.2, 0) is 14.3 Å². The number of Topliss-reactive ketones (excluding diaryl/α,β-unsaturated/α-hetero) is 1. The zero-order chi connectivity index (χ0) is 13.7. The van der Waals surface area contributed by atoms with Crippen molar-refractivity contribution in [2.45, 2.75) is 19.8 Å². The molecule has 0 saturated carbocycles. The van der Waals surface area contributed by atoms with Crippen molar-refractivity contribution in [1.82, 2.24) is 0 Å². The van der Waals surface area contributed by atoms with Crippen molar-refractivity contribution in [2.75, 3.05) is 6.61 Å². The van der Waals surface area contributed by atoms with E-state index in [1.165, 1.54) is 25.1 Å². The minimum Gasteiger partial charge on any atom is -0.595 e. The average Bonchev–Trinajstić information content (AvgIpc) is 2.29. The maximum absolute atomic E-state index is 11.7. The number of esters is 1. The first-order valence-electron chi connectivity index (χ1n) is 5.48. The van der Waals surface area contributed by atoms with E-state index in [1.807, 2.05) is 0 Å². The first kappa shape index (κ1) is 14.3. The summed E-state index contributed by atoms with van der Waals surface area (Å²) in [7, 11) is 0. The molecule has 2 atom stereocenters. The fourth-order valence-corrected chi connectivity index (χ4v) is 1.68. The number of para-hydroxylation sites is 1. The van der Waals surface area contributed by atoms with Gasteiger partial charge in [-0.2, -0.15) is 5.23 Å². The van der Waals surface area contributed by atoms with Gasteiger partial charge >= 0.3 is 5.97 Å². The van der Waals surface area contributed by atoms with Crippen molar-refractivity contribution in [3.8, 4) is 0 Å². The Morgan fingerprint density at radius 2 is 2.06 bits per heavy atom. The molecule has 2 N–H and O–H groups in total. The minimum atomic E-state index is -1.18. The van der Waals surface area contributed by atoms with E-state index in [4.69, 9.17) is 9.94 Å². The van der Waals surface area contributed by atoms with E-state index in [9.17, 15) is 14.8 Å². The number of ketones is 1. The number of rotatable bonds is 5. The Morgan fingerprint density at radius 1 is 1.44 bits per heavy atom. The van der Waals surface area contributed by atoms with Crippen molar-refractivity contribution in [1.29, 1.82) is 0 Å². The molecule has 0 aliphatic carbocycles. The van der Waals surface area contributed by atoms with Crippen LogP contribution in [0.3, 0.4) is 0 Å². The fourth-order valence-electron chi connectivity index (χ4n) is 1.68. The maximum Gasteiger partial charge on any atom is 0.321 e. The van der Waals surface area contributed by atoms with Gasteiger partial charge in [0.1, 0.15) is 11.7 Å². The Bertz CT molecular complexity index is 444. The Balaban J connectivity index is 3.22. The van der Waals surface area contributed by atoms with E-state index < -0.39 is 22.9 Å². The second-order valence-electron chi connectivity index (χ2n) is 3.69. The van der Waals surface area contributed by atoms with Gasteiger partial charge in [-0.05, 0) is 13.8 Å². The van der Waals surface area contributed by atoms with E-state index in [0.717, 1.165) is 0 Å². The summed E-state index contributed by atoms with van der Waals surface area (Å²) in [6, 6.07) is 5.92. The van der Waals surface area contributed by atoms with Crippen LogP contribution in [0.2, 0.25) is 0 Å². The molecule has 0 aliphatic heterocycles. The predicted molar refractivity (Wildman–Crippen MR) is 62.3 cm³/mol. The number of carbonyl (C=O) groups is 2. The van der Waals surface area contributed by atoms with Crippen molar-refractivity contribution >= 4 is 17.4 Å². The van der Waals surface area contributed by atoms with Gasteiger partial charge in [0.05, 0.1) is 6.61 Å². The summed E-state index contributed by atoms with van der Waals surface area (Å²) in [5, 5.41) is 18.9. The first-order valence-corrected chi connectivity index (χ1v) is 5.48. The smallest absolute Gasteiger partial charge is 0.321 e. The highest BCUT2D eigenvalue weighted by Gasteiger charge is 2.30. The highest BCUT2D eigenvalue weighted by atomic mass is 16.8. The van der Waals surface area contributed by atoms with E-state index in [-0.39, 0.29) is 17.9 Å². The second-order valence-corrected chi connectivity index (χ2v) is 3.69. The number of ether oxygens (including phenoxy) is 1. The highest BCUT2D eigenvalue weighted by molar-refractivity contribution is 6.04. The summed E-state index contributed by atoms with van der Waals surface area (Å²) in [4.78, 5) is 23.3. The Morgan fingerprint density at radius 3 is 2.56 bits per heavy atom. The molecule has 1 aromatic rings. The average molecular weight is 253 g/mol. The molecule has 6 nitrogen and oxygen atoms in total.